The average Bonchev–Trinajstić information content (AvgIpc) is 2.76. The lowest BCUT2D eigenvalue weighted by atomic mass is 10.1. The molecule has 0 aromatic heterocycles. The minimum atomic E-state index is -0.420. The van der Waals surface area contributed by atoms with Crippen LogP contribution in [0.3, 0.4) is 0 Å². The fourth-order valence-electron chi connectivity index (χ4n) is 2.54. The van der Waals surface area contributed by atoms with Crippen LogP contribution in [0.2, 0.25) is 0 Å². The molecule has 1 amide bonds. The minimum absolute atomic E-state index is 0.0424. The van der Waals surface area contributed by atoms with Crippen molar-refractivity contribution < 1.29 is 9.72 Å². The molecular weight excluding hydrogens is 258 g/mol. The summed E-state index contributed by atoms with van der Waals surface area (Å²) in [6.45, 7) is 6.45. The second-order valence-corrected chi connectivity index (χ2v) is 5.27. The van der Waals surface area contributed by atoms with Crippen molar-refractivity contribution in [3.63, 3.8) is 0 Å². The number of nitro benzene ring substituents is 1. The Balaban J connectivity index is 2.34. The third kappa shape index (κ3) is 2.51. The molecule has 2 atom stereocenters. The molecule has 1 heterocycles. The van der Waals surface area contributed by atoms with Crippen molar-refractivity contribution >= 4 is 11.6 Å². The second-order valence-electron chi connectivity index (χ2n) is 5.27. The maximum absolute atomic E-state index is 12.3. The van der Waals surface area contributed by atoms with Gasteiger partial charge < -0.3 is 4.90 Å². The third-order valence-corrected chi connectivity index (χ3v) is 3.60. The van der Waals surface area contributed by atoms with E-state index in [-0.39, 0.29) is 29.7 Å². The number of hydrogen-bond donors (Lipinski definition) is 1. The van der Waals surface area contributed by atoms with Crippen LogP contribution in [-0.2, 0) is 4.79 Å². The molecule has 0 spiro atoms. The molecule has 108 valence electrons. The van der Waals surface area contributed by atoms with E-state index in [1.807, 2.05) is 26.8 Å². The number of nitro groups is 1. The van der Waals surface area contributed by atoms with Gasteiger partial charge in [-0.25, -0.2) is 0 Å². The highest BCUT2D eigenvalue weighted by molar-refractivity contribution is 5.84. The van der Waals surface area contributed by atoms with Gasteiger partial charge >= 0.3 is 0 Å². The standard InChI is InChI=1S/C14H19N3O3/c1-4-16-13(15-12(9(2)3)14(16)18)10-6-5-7-11(8-10)17(19)20/h5-9,12-13,15H,4H2,1-3H3. The quantitative estimate of drug-likeness (QED) is 0.675. The molecule has 20 heavy (non-hydrogen) atoms. The summed E-state index contributed by atoms with van der Waals surface area (Å²) in [7, 11) is 0. The first kappa shape index (κ1) is 14.5. The Morgan fingerprint density at radius 2 is 2.15 bits per heavy atom. The van der Waals surface area contributed by atoms with Crippen LogP contribution in [0.5, 0.6) is 0 Å². The highest BCUT2D eigenvalue weighted by Crippen LogP contribution is 2.29. The van der Waals surface area contributed by atoms with Crippen molar-refractivity contribution in [2.75, 3.05) is 6.54 Å². The summed E-state index contributed by atoms with van der Waals surface area (Å²) in [5.41, 5.74) is 0.790. The molecule has 1 aliphatic rings. The molecule has 0 radical (unpaired) electrons. The van der Waals surface area contributed by atoms with Gasteiger partial charge in [0.15, 0.2) is 0 Å². The van der Waals surface area contributed by atoms with Gasteiger partial charge in [-0.3, -0.25) is 20.2 Å². The predicted octanol–water partition coefficient (Wildman–Crippen LogP) is 2.07. The second kappa shape index (κ2) is 5.58. The van der Waals surface area contributed by atoms with Gasteiger partial charge in [0, 0.05) is 18.7 Å². The molecular formula is C14H19N3O3. The van der Waals surface area contributed by atoms with Gasteiger partial charge in [-0.15, -0.1) is 0 Å². The molecule has 0 bridgehead atoms. The Hall–Kier alpha value is -1.95. The number of non-ortho nitro benzene ring substituents is 1. The molecule has 0 aliphatic carbocycles. The lowest BCUT2D eigenvalue weighted by Gasteiger charge is -2.22. The summed E-state index contributed by atoms with van der Waals surface area (Å²) in [5, 5.41) is 14.1. The lowest BCUT2D eigenvalue weighted by molar-refractivity contribution is -0.385. The summed E-state index contributed by atoms with van der Waals surface area (Å²) < 4.78 is 0. The number of rotatable bonds is 4. The van der Waals surface area contributed by atoms with Crippen LogP contribution < -0.4 is 5.32 Å². The van der Waals surface area contributed by atoms with E-state index in [1.54, 1.807) is 11.0 Å². The van der Waals surface area contributed by atoms with E-state index >= 15 is 0 Å². The summed E-state index contributed by atoms with van der Waals surface area (Å²) >= 11 is 0. The van der Waals surface area contributed by atoms with Gasteiger partial charge in [-0.1, -0.05) is 26.0 Å². The normalized spacial score (nSPS) is 22.6. The van der Waals surface area contributed by atoms with E-state index in [1.165, 1.54) is 12.1 Å². The van der Waals surface area contributed by atoms with Crippen LogP contribution in [0.1, 0.15) is 32.5 Å². The smallest absolute Gasteiger partial charge is 0.269 e. The van der Waals surface area contributed by atoms with E-state index in [0.717, 1.165) is 5.56 Å². The topological polar surface area (TPSA) is 75.5 Å². The molecule has 1 aliphatic heterocycles. The largest absolute Gasteiger partial charge is 0.322 e. The van der Waals surface area contributed by atoms with E-state index < -0.39 is 4.92 Å². The zero-order chi connectivity index (χ0) is 14.9. The number of nitrogens with one attached hydrogen (secondary N) is 1. The Morgan fingerprint density at radius 3 is 2.70 bits per heavy atom. The number of nitrogens with zero attached hydrogens (tertiary/aromatic N) is 2. The van der Waals surface area contributed by atoms with Crippen LogP contribution in [0.15, 0.2) is 24.3 Å². The van der Waals surface area contributed by atoms with Crippen molar-refractivity contribution in [1.29, 1.82) is 0 Å². The molecule has 1 N–H and O–H groups in total. The summed E-state index contributed by atoms with van der Waals surface area (Å²) in [4.78, 5) is 24.5. The minimum Gasteiger partial charge on any atom is -0.322 e. The zero-order valence-electron chi connectivity index (χ0n) is 11.9. The molecule has 6 nitrogen and oxygen atoms in total. The summed E-state index contributed by atoms with van der Waals surface area (Å²) in [5.74, 6) is 0.235. The van der Waals surface area contributed by atoms with Gasteiger partial charge in [-0.05, 0) is 18.4 Å². The fourth-order valence-corrected chi connectivity index (χ4v) is 2.54. The molecule has 1 aromatic rings. The van der Waals surface area contributed by atoms with Gasteiger partial charge in [0.2, 0.25) is 5.91 Å². The van der Waals surface area contributed by atoms with E-state index in [2.05, 4.69) is 5.32 Å². The van der Waals surface area contributed by atoms with Crippen molar-refractivity contribution in [3.05, 3.63) is 39.9 Å². The highest BCUT2D eigenvalue weighted by atomic mass is 16.6. The van der Waals surface area contributed by atoms with Crippen LogP contribution in [0.4, 0.5) is 5.69 Å². The molecule has 1 saturated heterocycles. The Labute approximate surface area is 117 Å². The number of amides is 1. The number of carbonyl (C=O) groups is 1. The molecule has 2 unspecified atom stereocenters. The Bertz CT molecular complexity index is 530. The summed E-state index contributed by atoms with van der Waals surface area (Å²) in [6.07, 6.45) is -0.292. The molecule has 2 rings (SSSR count). The van der Waals surface area contributed by atoms with Gasteiger partial charge in [0.05, 0.1) is 11.0 Å². The summed E-state index contributed by atoms with van der Waals surface area (Å²) in [6, 6.07) is 6.20. The number of hydrogen-bond acceptors (Lipinski definition) is 4. The number of likely N-dealkylation sites (N-methyl/N-ethyl adjacent to an activating group) is 1. The Kier molecular flexibility index (Phi) is 4.04. The molecule has 6 heteroatoms. The average molecular weight is 277 g/mol. The predicted molar refractivity (Wildman–Crippen MR) is 75.0 cm³/mol. The van der Waals surface area contributed by atoms with E-state index in [0.29, 0.717) is 6.54 Å². The van der Waals surface area contributed by atoms with Gasteiger partial charge in [-0.2, -0.15) is 0 Å². The highest BCUT2D eigenvalue weighted by Gasteiger charge is 2.40. The Morgan fingerprint density at radius 1 is 1.45 bits per heavy atom. The maximum atomic E-state index is 12.3. The van der Waals surface area contributed by atoms with Gasteiger partial charge in [0.25, 0.3) is 5.69 Å². The van der Waals surface area contributed by atoms with Crippen LogP contribution in [0, 0.1) is 16.0 Å². The van der Waals surface area contributed by atoms with Crippen molar-refractivity contribution in [2.24, 2.45) is 5.92 Å². The molecule has 0 saturated carbocycles. The molecule has 1 fully saturated rings. The van der Waals surface area contributed by atoms with Crippen LogP contribution in [0.25, 0.3) is 0 Å². The van der Waals surface area contributed by atoms with E-state index in [4.69, 9.17) is 0 Å². The van der Waals surface area contributed by atoms with Crippen LogP contribution >= 0.6 is 0 Å². The van der Waals surface area contributed by atoms with Crippen molar-refractivity contribution in [2.45, 2.75) is 33.0 Å². The fraction of sp³-hybridized carbons (Fsp3) is 0.500. The van der Waals surface area contributed by atoms with E-state index in [9.17, 15) is 14.9 Å². The van der Waals surface area contributed by atoms with Crippen molar-refractivity contribution in [1.82, 2.24) is 10.2 Å². The first-order valence-electron chi connectivity index (χ1n) is 6.76. The maximum Gasteiger partial charge on any atom is 0.269 e. The SMILES string of the molecule is CCN1C(=O)C(C(C)C)NC1c1cccc([N+](=O)[O-])c1. The number of carbonyl (C=O) groups excluding carboxylic acids is 1. The van der Waals surface area contributed by atoms with Gasteiger partial charge in [0.1, 0.15) is 6.17 Å². The third-order valence-electron chi connectivity index (χ3n) is 3.60. The number of benzene rings is 1. The van der Waals surface area contributed by atoms with Crippen molar-refractivity contribution in [3.8, 4) is 0 Å². The molecule has 1 aromatic carbocycles. The first-order valence-corrected chi connectivity index (χ1v) is 6.76. The monoisotopic (exact) mass is 277 g/mol. The first-order chi connectivity index (χ1) is 9.45. The lowest BCUT2D eigenvalue weighted by Crippen LogP contribution is -2.34. The zero-order valence-corrected chi connectivity index (χ0v) is 11.9. The van der Waals surface area contributed by atoms with Crippen LogP contribution in [-0.4, -0.2) is 28.3 Å².